The summed E-state index contributed by atoms with van der Waals surface area (Å²) < 4.78 is 22.7. The number of nitrogens with zero attached hydrogens (tertiary/aromatic N) is 3. The van der Waals surface area contributed by atoms with Crippen LogP contribution >= 0.6 is 0 Å². The molecule has 0 saturated carbocycles. The van der Waals surface area contributed by atoms with Crippen molar-refractivity contribution in [1.29, 1.82) is 0 Å². The minimum Gasteiger partial charge on any atom is -0.468 e. The molecule has 4 rings (SSSR count). The molecule has 0 bridgehead atoms. The number of fused-ring (bicyclic) bond motifs is 2. The van der Waals surface area contributed by atoms with Crippen molar-refractivity contribution >= 4 is 39.6 Å². The van der Waals surface area contributed by atoms with Gasteiger partial charge in [0.1, 0.15) is 18.9 Å². The number of halogens is 1. The number of carbonyl (C=O) groups is 3. The summed E-state index contributed by atoms with van der Waals surface area (Å²) in [5.74, 6) is -1.82. The molecule has 2 heterocycles. The normalized spacial score (nSPS) is 11.0. The van der Waals surface area contributed by atoms with Crippen molar-refractivity contribution in [2.75, 3.05) is 20.2 Å². The Bertz CT molecular complexity index is 1370. The summed E-state index contributed by atoms with van der Waals surface area (Å²) in [7, 11) is 3.02. The molecule has 0 fully saturated rings. The van der Waals surface area contributed by atoms with Gasteiger partial charge >= 0.3 is 5.97 Å². The molecule has 2 N–H and O–H groups in total. The molecule has 170 valence electrons. The number of benzene rings is 2. The Hall–Kier alpha value is -4.21. The van der Waals surface area contributed by atoms with Crippen LogP contribution in [0.1, 0.15) is 0 Å². The lowest BCUT2D eigenvalue weighted by Gasteiger charge is -2.10. The number of carbonyl (C=O) groups excluding carboxylic acids is 3. The van der Waals surface area contributed by atoms with Crippen LogP contribution in [0.5, 0.6) is 0 Å². The maximum absolute atomic E-state index is 14.9. The number of hydrogen-bond acceptors (Lipinski definition) is 5. The SMILES string of the molecule is COC(=O)CNC(=O)CNC(=O)Cn1ccc2c(-c3cc4c(cnn4C)cc3F)cccc21. The zero-order valence-corrected chi connectivity index (χ0v) is 18.1. The van der Waals surface area contributed by atoms with Gasteiger partial charge in [-0.05, 0) is 29.8 Å². The predicted molar refractivity (Wildman–Crippen MR) is 120 cm³/mol. The van der Waals surface area contributed by atoms with E-state index in [2.05, 4.69) is 20.5 Å². The van der Waals surface area contributed by atoms with Gasteiger partial charge in [0.15, 0.2) is 0 Å². The maximum atomic E-state index is 14.9. The van der Waals surface area contributed by atoms with E-state index >= 15 is 0 Å². The number of hydrogen-bond donors (Lipinski definition) is 2. The molecular weight excluding hydrogens is 429 g/mol. The summed E-state index contributed by atoms with van der Waals surface area (Å²) in [5, 5.41) is 10.5. The minimum absolute atomic E-state index is 0.0273. The first-order valence-corrected chi connectivity index (χ1v) is 10.2. The van der Waals surface area contributed by atoms with Crippen LogP contribution in [0.25, 0.3) is 32.9 Å². The molecule has 10 heteroatoms. The topological polar surface area (TPSA) is 107 Å². The molecule has 0 spiro atoms. The molecule has 33 heavy (non-hydrogen) atoms. The number of aromatic nitrogens is 3. The Morgan fingerprint density at radius 2 is 1.82 bits per heavy atom. The summed E-state index contributed by atoms with van der Waals surface area (Å²) in [6.45, 7) is -0.561. The fourth-order valence-corrected chi connectivity index (χ4v) is 3.67. The zero-order chi connectivity index (χ0) is 23.5. The van der Waals surface area contributed by atoms with Crippen LogP contribution in [0.3, 0.4) is 0 Å². The third-order valence-corrected chi connectivity index (χ3v) is 5.36. The van der Waals surface area contributed by atoms with Gasteiger partial charge in [0.2, 0.25) is 11.8 Å². The number of aryl methyl sites for hydroxylation is 1. The van der Waals surface area contributed by atoms with E-state index in [0.717, 1.165) is 21.8 Å². The van der Waals surface area contributed by atoms with Crippen molar-refractivity contribution in [3.63, 3.8) is 0 Å². The van der Waals surface area contributed by atoms with Crippen molar-refractivity contribution in [3.8, 4) is 11.1 Å². The van der Waals surface area contributed by atoms with Gasteiger partial charge in [0.05, 0.1) is 25.4 Å². The van der Waals surface area contributed by atoms with E-state index in [1.807, 2.05) is 18.2 Å². The highest BCUT2D eigenvalue weighted by molar-refractivity contribution is 5.98. The molecule has 0 unspecified atom stereocenters. The molecule has 2 aromatic carbocycles. The first kappa shape index (κ1) is 22.0. The average Bonchev–Trinajstić information content (AvgIpc) is 3.38. The van der Waals surface area contributed by atoms with E-state index in [-0.39, 0.29) is 31.4 Å². The van der Waals surface area contributed by atoms with E-state index in [1.165, 1.54) is 13.2 Å². The van der Waals surface area contributed by atoms with Gasteiger partial charge in [-0.1, -0.05) is 12.1 Å². The molecule has 0 aliphatic heterocycles. The first-order valence-electron chi connectivity index (χ1n) is 10.2. The average molecular weight is 451 g/mol. The summed E-state index contributed by atoms with van der Waals surface area (Å²) in [6.07, 6.45) is 3.36. The number of ether oxygens (including phenoxy) is 1. The molecule has 0 radical (unpaired) electrons. The minimum atomic E-state index is -0.580. The largest absolute Gasteiger partial charge is 0.468 e. The summed E-state index contributed by atoms with van der Waals surface area (Å²) >= 11 is 0. The molecule has 0 aliphatic carbocycles. The van der Waals surface area contributed by atoms with Crippen LogP contribution < -0.4 is 10.6 Å². The molecular formula is C23H22FN5O4. The van der Waals surface area contributed by atoms with Gasteiger partial charge < -0.3 is 19.9 Å². The van der Waals surface area contributed by atoms with Gasteiger partial charge in [0, 0.05) is 35.1 Å². The van der Waals surface area contributed by atoms with Crippen LogP contribution in [0.4, 0.5) is 4.39 Å². The quantitative estimate of drug-likeness (QED) is 0.416. The fourth-order valence-electron chi connectivity index (χ4n) is 3.67. The van der Waals surface area contributed by atoms with E-state index in [1.54, 1.807) is 40.8 Å². The zero-order valence-electron chi connectivity index (χ0n) is 18.1. The van der Waals surface area contributed by atoms with Crippen molar-refractivity contribution in [1.82, 2.24) is 25.0 Å². The number of nitrogens with one attached hydrogen (secondary N) is 2. The summed E-state index contributed by atoms with van der Waals surface area (Å²) in [4.78, 5) is 35.1. The van der Waals surface area contributed by atoms with Crippen molar-refractivity contribution in [2.45, 2.75) is 6.54 Å². The second-order valence-electron chi connectivity index (χ2n) is 7.47. The van der Waals surface area contributed by atoms with Crippen molar-refractivity contribution in [3.05, 3.63) is 54.6 Å². The highest BCUT2D eigenvalue weighted by Gasteiger charge is 2.15. The van der Waals surface area contributed by atoms with Gasteiger partial charge in [-0.2, -0.15) is 5.10 Å². The van der Waals surface area contributed by atoms with Crippen LogP contribution in [0, 0.1) is 5.82 Å². The van der Waals surface area contributed by atoms with Crippen LogP contribution in [0.2, 0.25) is 0 Å². The predicted octanol–water partition coefficient (Wildman–Crippen LogP) is 1.74. The van der Waals surface area contributed by atoms with Crippen molar-refractivity contribution in [2.24, 2.45) is 7.05 Å². The summed E-state index contributed by atoms with van der Waals surface area (Å²) in [5.41, 5.74) is 2.71. The number of rotatable bonds is 7. The number of methoxy groups -OCH3 is 1. The van der Waals surface area contributed by atoms with Crippen LogP contribution in [-0.4, -0.2) is 52.3 Å². The van der Waals surface area contributed by atoms with Crippen LogP contribution in [-0.2, 0) is 32.7 Å². The molecule has 9 nitrogen and oxygen atoms in total. The second kappa shape index (κ2) is 9.11. The molecule has 0 aliphatic rings. The lowest BCUT2D eigenvalue weighted by atomic mass is 10.00. The van der Waals surface area contributed by atoms with Crippen molar-refractivity contribution < 1.29 is 23.5 Å². The van der Waals surface area contributed by atoms with Gasteiger partial charge in [-0.15, -0.1) is 0 Å². The third-order valence-electron chi connectivity index (χ3n) is 5.36. The molecule has 0 saturated heterocycles. The standard InChI is InChI=1S/C23H22FN5O4/c1-28-20-9-17(18(24)8-14(20)10-27-28)15-4-3-5-19-16(15)6-7-29(19)13-22(31)25-11-21(30)26-12-23(32)33-2/h3-10H,11-13H2,1-2H3,(H,25,31)(H,26,30). The Morgan fingerprint density at radius 1 is 1.03 bits per heavy atom. The molecule has 2 aromatic heterocycles. The smallest absolute Gasteiger partial charge is 0.325 e. The van der Waals surface area contributed by atoms with E-state index < -0.39 is 11.9 Å². The number of esters is 1. The van der Waals surface area contributed by atoms with E-state index in [9.17, 15) is 18.8 Å². The Morgan fingerprint density at radius 3 is 2.61 bits per heavy atom. The highest BCUT2D eigenvalue weighted by Crippen LogP contribution is 2.33. The Labute approximate surface area is 188 Å². The Kier molecular flexibility index (Phi) is 6.07. The van der Waals surface area contributed by atoms with Gasteiger partial charge in [-0.3, -0.25) is 19.1 Å². The third kappa shape index (κ3) is 4.54. The molecule has 2 amide bonds. The van der Waals surface area contributed by atoms with Gasteiger partial charge in [0.25, 0.3) is 0 Å². The fraction of sp³-hybridized carbons (Fsp3) is 0.217. The lowest BCUT2D eigenvalue weighted by Crippen LogP contribution is -2.40. The molecule has 0 atom stereocenters. The second-order valence-corrected chi connectivity index (χ2v) is 7.47. The first-order chi connectivity index (χ1) is 15.9. The molecule has 4 aromatic rings. The lowest BCUT2D eigenvalue weighted by molar-refractivity contribution is -0.141. The van der Waals surface area contributed by atoms with E-state index in [0.29, 0.717) is 11.1 Å². The van der Waals surface area contributed by atoms with Crippen LogP contribution in [0.15, 0.2) is 48.8 Å². The Balaban J connectivity index is 1.52. The highest BCUT2D eigenvalue weighted by atomic mass is 19.1. The number of amides is 2. The summed E-state index contributed by atoms with van der Waals surface area (Å²) in [6, 6.07) is 10.5. The monoisotopic (exact) mass is 451 g/mol. The maximum Gasteiger partial charge on any atom is 0.325 e. The van der Waals surface area contributed by atoms with E-state index in [4.69, 9.17) is 0 Å². The van der Waals surface area contributed by atoms with Gasteiger partial charge in [-0.25, -0.2) is 4.39 Å².